The number of hydrogen-bond acceptors (Lipinski definition) is 2. The highest BCUT2D eigenvalue weighted by atomic mass is 35.5. The molecular formula is C16H23ClN2O. The first kappa shape index (κ1) is 15.3. The van der Waals surface area contributed by atoms with Crippen LogP contribution in [0.4, 0.5) is 0 Å². The molecule has 0 aromatic heterocycles. The van der Waals surface area contributed by atoms with Crippen molar-refractivity contribution >= 4 is 18.3 Å². The summed E-state index contributed by atoms with van der Waals surface area (Å²) in [5.74, 6) is 0.384. The summed E-state index contributed by atoms with van der Waals surface area (Å²) >= 11 is 0. The quantitative estimate of drug-likeness (QED) is 0.909. The largest absolute Gasteiger partial charge is 0.338 e. The molecule has 2 fully saturated rings. The second-order valence-electron chi connectivity index (χ2n) is 5.99. The monoisotopic (exact) mass is 294 g/mol. The van der Waals surface area contributed by atoms with Gasteiger partial charge < -0.3 is 10.2 Å². The number of carbonyl (C=O) groups is 1. The second-order valence-corrected chi connectivity index (χ2v) is 5.99. The topological polar surface area (TPSA) is 32.3 Å². The Morgan fingerprint density at radius 2 is 1.80 bits per heavy atom. The molecule has 0 unspecified atom stereocenters. The Bertz CT molecular complexity index is 466. The van der Waals surface area contributed by atoms with Crippen LogP contribution in [-0.4, -0.2) is 30.4 Å². The van der Waals surface area contributed by atoms with E-state index in [1.165, 1.54) is 11.1 Å². The fourth-order valence-electron chi connectivity index (χ4n) is 3.33. The molecule has 0 radical (unpaired) electrons. The molecule has 4 heteroatoms. The molecule has 0 aliphatic carbocycles. The Balaban J connectivity index is 0.00000147. The maximum atomic E-state index is 12.7. The van der Waals surface area contributed by atoms with Gasteiger partial charge in [-0.3, -0.25) is 4.79 Å². The molecular weight excluding hydrogens is 272 g/mol. The molecule has 1 spiro atoms. The number of nitrogens with zero attached hydrogens (tertiary/aromatic N) is 1. The molecule has 2 saturated heterocycles. The normalized spacial score (nSPS) is 21.1. The first-order valence-corrected chi connectivity index (χ1v) is 7.25. The van der Waals surface area contributed by atoms with Crippen LogP contribution in [-0.2, 0) is 11.3 Å². The van der Waals surface area contributed by atoms with Crippen LogP contribution >= 0.6 is 12.4 Å². The van der Waals surface area contributed by atoms with Crippen LogP contribution < -0.4 is 5.32 Å². The number of benzene rings is 1. The standard InChI is InChI=1S/C16H22N2O.ClH/c1-13-2-4-14(5-3-13)12-18-11-8-16(15(18)19)6-9-17-10-7-16;/h2-5,17H,6-12H2,1H3;1H. The van der Waals surface area contributed by atoms with E-state index in [0.717, 1.165) is 45.4 Å². The Kier molecular flexibility index (Phi) is 4.71. The number of nitrogens with one attached hydrogen (secondary N) is 1. The van der Waals surface area contributed by atoms with Crippen molar-refractivity contribution in [1.82, 2.24) is 10.2 Å². The van der Waals surface area contributed by atoms with E-state index >= 15 is 0 Å². The molecule has 2 aliphatic rings. The SMILES string of the molecule is Cc1ccc(CN2CCC3(CCNCC3)C2=O)cc1.Cl. The minimum Gasteiger partial charge on any atom is -0.338 e. The maximum Gasteiger partial charge on any atom is 0.229 e. The van der Waals surface area contributed by atoms with Crippen LogP contribution in [0.25, 0.3) is 0 Å². The number of rotatable bonds is 2. The lowest BCUT2D eigenvalue weighted by Crippen LogP contribution is -2.42. The lowest BCUT2D eigenvalue weighted by atomic mass is 9.78. The summed E-state index contributed by atoms with van der Waals surface area (Å²) in [4.78, 5) is 14.7. The Labute approximate surface area is 127 Å². The first-order chi connectivity index (χ1) is 9.20. The van der Waals surface area contributed by atoms with E-state index in [2.05, 4.69) is 41.4 Å². The van der Waals surface area contributed by atoms with E-state index < -0.39 is 0 Å². The molecule has 3 nitrogen and oxygen atoms in total. The van der Waals surface area contributed by atoms with E-state index in [1.807, 2.05) is 0 Å². The fraction of sp³-hybridized carbons (Fsp3) is 0.562. The van der Waals surface area contributed by atoms with Crippen molar-refractivity contribution in [3.63, 3.8) is 0 Å². The van der Waals surface area contributed by atoms with Gasteiger partial charge in [0.2, 0.25) is 5.91 Å². The summed E-state index contributed by atoms with van der Waals surface area (Å²) in [7, 11) is 0. The Morgan fingerprint density at radius 3 is 2.45 bits per heavy atom. The van der Waals surface area contributed by atoms with Crippen molar-refractivity contribution < 1.29 is 4.79 Å². The number of halogens is 1. The van der Waals surface area contributed by atoms with Gasteiger partial charge in [0, 0.05) is 13.1 Å². The number of amides is 1. The van der Waals surface area contributed by atoms with Crippen molar-refractivity contribution in [2.75, 3.05) is 19.6 Å². The highest BCUT2D eigenvalue weighted by molar-refractivity contribution is 5.85. The van der Waals surface area contributed by atoms with E-state index in [-0.39, 0.29) is 17.8 Å². The third-order valence-electron chi connectivity index (χ3n) is 4.66. The van der Waals surface area contributed by atoms with Crippen LogP contribution in [0.5, 0.6) is 0 Å². The molecule has 110 valence electrons. The van der Waals surface area contributed by atoms with E-state index in [0.29, 0.717) is 5.91 Å². The highest BCUT2D eigenvalue weighted by Crippen LogP contribution is 2.40. The van der Waals surface area contributed by atoms with Gasteiger partial charge in [0.05, 0.1) is 5.41 Å². The van der Waals surface area contributed by atoms with Gasteiger partial charge in [-0.05, 0) is 44.8 Å². The van der Waals surface area contributed by atoms with Crippen LogP contribution in [0.1, 0.15) is 30.4 Å². The molecule has 0 saturated carbocycles. The molecule has 1 aromatic carbocycles. The van der Waals surface area contributed by atoms with E-state index in [1.54, 1.807) is 0 Å². The summed E-state index contributed by atoms with van der Waals surface area (Å²) in [5, 5.41) is 3.36. The average Bonchev–Trinajstić information content (AvgIpc) is 2.72. The van der Waals surface area contributed by atoms with Gasteiger partial charge in [-0.2, -0.15) is 0 Å². The lowest BCUT2D eigenvalue weighted by molar-refractivity contribution is -0.137. The minimum absolute atomic E-state index is 0. The summed E-state index contributed by atoms with van der Waals surface area (Å²) in [6.45, 7) is 5.77. The van der Waals surface area contributed by atoms with Crippen molar-refractivity contribution in [2.45, 2.75) is 32.7 Å². The molecule has 0 atom stereocenters. The summed E-state index contributed by atoms with van der Waals surface area (Å²) in [5.41, 5.74) is 2.46. The Hall–Kier alpha value is -1.06. The molecule has 20 heavy (non-hydrogen) atoms. The molecule has 0 bridgehead atoms. The summed E-state index contributed by atoms with van der Waals surface area (Å²) in [6, 6.07) is 8.51. The van der Waals surface area contributed by atoms with Crippen LogP contribution in [0.3, 0.4) is 0 Å². The third-order valence-corrected chi connectivity index (χ3v) is 4.66. The van der Waals surface area contributed by atoms with Crippen molar-refractivity contribution in [3.8, 4) is 0 Å². The molecule has 1 amide bonds. The second kappa shape index (κ2) is 6.15. The van der Waals surface area contributed by atoms with Crippen molar-refractivity contribution in [1.29, 1.82) is 0 Å². The van der Waals surface area contributed by atoms with Crippen LogP contribution in [0.2, 0.25) is 0 Å². The van der Waals surface area contributed by atoms with Gasteiger partial charge in [0.1, 0.15) is 0 Å². The van der Waals surface area contributed by atoms with Gasteiger partial charge in [0.15, 0.2) is 0 Å². The van der Waals surface area contributed by atoms with Crippen molar-refractivity contribution in [3.05, 3.63) is 35.4 Å². The van der Waals surface area contributed by atoms with Gasteiger partial charge >= 0.3 is 0 Å². The molecule has 1 aromatic rings. The summed E-state index contributed by atoms with van der Waals surface area (Å²) < 4.78 is 0. The predicted octanol–water partition coefficient (Wildman–Crippen LogP) is 2.52. The number of hydrogen-bond donors (Lipinski definition) is 1. The first-order valence-electron chi connectivity index (χ1n) is 7.25. The number of piperidine rings is 1. The van der Waals surface area contributed by atoms with Crippen molar-refractivity contribution in [2.24, 2.45) is 5.41 Å². The van der Waals surface area contributed by atoms with Gasteiger partial charge in [0.25, 0.3) is 0 Å². The van der Waals surface area contributed by atoms with E-state index in [9.17, 15) is 4.79 Å². The minimum atomic E-state index is -0.0457. The van der Waals surface area contributed by atoms with E-state index in [4.69, 9.17) is 0 Å². The fourth-order valence-corrected chi connectivity index (χ4v) is 3.33. The smallest absolute Gasteiger partial charge is 0.229 e. The maximum absolute atomic E-state index is 12.7. The molecule has 2 aliphatic heterocycles. The number of aryl methyl sites for hydroxylation is 1. The zero-order chi connectivity index (χ0) is 13.3. The predicted molar refractivity (Wildman–Crippen MR) is 83.0 cm³/mol. The van der Waals surface area contributed by atoms with Gasteiger partial charge in [-0.1, -0.05) is 29.8 Å². The van der Waals surface area contributed by atoms with Crippen LogP contribution in [0.15, 0.2) is 24.3 Å². The summed E-state index contributed by atoms with van der Waals surface area (Å²) in [6.07, 6.45) is 3.06. The van der Waals surface area contributed by atoms with Gasteiger partial charge in [-0.25, -0.2) is 0 Å². The average molecular weight is 295 g/mol. The lowest BCUT2D eigenvalue weighted by Gasteiger charge is -2.32. The highest BCUT2D eigenvalue weighted by Gasteiger charge is 2.46. The van der Waals surface area contributed by atoms with Crippen LogP contribution in [0, 0.1) is 12.3 Å². The third kappa shape index (κ3) is 2.84. The number of likely N-dealkylation sites (tertiary alicyclic amines) is 1. The van der Waals surface area contributed by atoms with Gasteiger partial charge in [-0.15, -0.1) is 12.4 Å². The zero-order valence-corrected chi connectivity index (χ0v) is 12.8. The molecule has 1 N–H and O–H groups in total. The molecule has 3 rings (SSSR count). The number of carbonyl (C=O) groups excluding carboxylic acids is 1. The zero-order valence-electron chi connectivity index (χ0n) is 12.0. The Morgan fingerprint density at radius 1 is 1.15 bits per heavy atom. The molecule has 2 heterocycles.